The second-order valence-corrected chi connectivity index (χ2v) is 4.86. The van der Waals surface area contributed by atoms with E-state index in [-0.39, 0.29) is 18.0 Å². The van der Waals surface area contributed by atoms with Crippen LogP contribution in [0.4, 0.5) is 13.2 Å². The molecule has 0 radical (unpaired) electrons. The van der Waals surface area contributed by atoms with Gasteiger partial charge in [0.25, 0.3) is 0 Å². The molecule has 0 aliphatic heterocycles. The predicted octanol–water partition coefficient (Wildman–Crippen LogP) is 4.94. The summed E-state index contributed by atoms with van der Waals surface area (Å²) in [6.07, 6.45) is -4.31. The van der Waals surface area contributed by atoms with Crippen molar-refractivity contribution in [2.75, 3.05) is 14.1 Å². The van der Waals surface area contributed by atoms with Gasteiger partial charge in [-0.2, -0.15) is 13.2 Å². The zero-order chi connectivity index (χ0) is 14.8. The van der Waals surface area contributed by atoms with Crippen molar-refractivity contribution < 1.29 is 13.2 Å². The van der Waals surface area contributed by atoms with Crippen molar-refractivity contribution >= 4 is 12.4 Å². The molecule has 0 amide bonds. The van der Waals surface area contributed by atoms with Crippen molar-refractivity contribution in [3.8, 4) is 11.1 Å². The summed E-state index contributed by atoms with van der Waals surface area (Å²) in [7, 11) is 2.89. The summed E-state index contributed by atoms with van der Waals surface area (Å²) in [5, 5.41) is 0. The summed E-state index contributed by atoms with van der Waals surface area (Å²) in [6.45, 7) is 0. The summed E-state index contributed by atoms with van der Waals surface area (Å²) in [6, 6.07) is 14.2. The third kappa shape index (κ3) is 3.99. The van der Waals surface area contributed by atoms with E-state index in [1.807, 2.05) is 30.3 Å². The van der Waals surface area contributed by atoms with Crippen LogP contribution in [0, 0.1) is 0 Å². The molecule has 2 aromatic rings. The van der Waals surface area contributed by atoms with Crippen molar-refractivity contribution in [3.05, 3.63) is 60.2 Å². The lowest BCUT2D eigenvalue weighted by Gasteiger charge is -2.28. The monoisotopic (exact) mass is 315 g/mol. The number of nitrogens with zero attached hydrogens (tertiary/aromatic N) is 1. The highest BCUT2D eigenvalue weighted by Crippen LogP contribution is 2.40. The summed E-state index contributed by atoms with van der Waals surface area (Å²) < 4.78 is 39.9. The molecule has 114 valence electrons. The Labute approximate surface area is 128 Å². The zero-order valence-electron chi connectivity index (χ0n) is 11.8. The summed E-state index contributed by atoms with van der Waals surface area (Å²) in [5.74, 6) is 0. The number of hydrogen-bond donors (Lipinski definition) is 0. The van der Waals surface area contributed by atoms with E-state index < -0.39 is 12.2 Å². The van der Waals surface area contributed by atoms with Crippen molar-refractivity contribution in [3.63, 3.8) is 0 Å². The third-order valence-corrected chi connectivity index (χ3v) is 3.17. The largest absolute Gasteiger partial charge is 0.408 e. The fourth-order valence-electron chi connectivity index (χ4n) is 2.36. The van der Waals surface area contributed by atoms with E-state index in [0.717, 1.165) is 5.56 Å². The molecular weight excluding hydrogens is 299 g/mol. The Balaban J connectivity index is 0.00000220. The maximum Gasteiger partial charge on any atom is 0.408 e. The van der Waals surface area contributed by atoms with E-state index in [9.17, 15) is 13.2 Å². The van der Waals surface area contributed by atoms with Crippen LogP contribution in [-0.4, -0.2) is 25.2 Å². The zero-order valence-corrected chi connectivity index (χ0v) is 12.6. The Hall–Kier alpha value is -1.52. The lowest BCUT2D eigenvalue weighted by atomic mass is 9.94. The minimum atomic E-state index is -4.31. The van der Waals surface area contributed by atoms with Crippen LogP contribution in [0.5, 0.6) is 0 Å². The molecule has 0 aliphatic carbocycles. The number of halogens is 4. The third-order valence-electron chi connectivity index (χ3n) is 3.17. The number of alkyl halides is 3. The molecule has 0 fully saturated rings. The van der Waals surface area contributed by atoms with Crippen molar-refractivity contribution in [2.24, 2.45) is 0 Å². The molecule has 1 unspecified atom stereocenters. The molecule has 1 atom stereocenters. The lowest BCUT2D eigenvalue weighted by Crippen LogP contribution is -2.33. The normalized spacial score (nSPS) is 12.9. The number of rotatable bonds is 3. The molecule has 0 saturated heterocycles. The molecule has 0 saturated carbocycles. The standard InChI is InChI=1S/C16H16F3N.ClH/c1-20(2)15(16(17,18)19)14-11-7-6-10-13(14)12-8-4-3-5-9-12;/h3-11,15H,1-2H3;1H. The average Bonchev–Trinajstić information content (AvgIpc) is 2.38. The Bertz CT molecular complexity index is 567. The van der Waals surface area contributed by atoms with E-state index in [1.165, 1.54) is 19.0 Å². The van der Waals surface area contributed by atoms with Crippen LogP contribution in [0.2, 0.25) is 0 Å². The molecule has 5 heteroatoms. The molecule has 1 nitrogen and oxygen atoms in total. The summed E-state index contributed by atoms with van der Waals surface area (Å²) in [4.78, 5) is 1.20. The Kier molecular flexibility index (Phi) is 5.81. The second kappa shape index (κ2) is 6.96. The molecule has 0 spiro atoms. The van der Waals surface area contributed by atoms with Gasteiger partial charge >= 0.3 is 6.18 Å². The molecule has 0 heterocycles. The minimum absolute atomic E-state index is 0. The average molecular weight is 316 g/mol. The lowest BCUT2D eigenvalue weighted by molar-refractivity contribution is -0.179. The fraction of sp³-hybridized carbons (Fsp3) is 0.250. The SMILES string of the molecule is CN(C)C(c1ccccc1-c1ccccc1)C(F)(F)F.Cl. The smallest absolute Gasteiger partial charge is 0.295 e. The highest BCUT2D eigenvalue weighted by atomic mass is 35.5. The van der Waals surface area contributed by atoms with Crippen LogP contribution >= 0.6 is 12.4 Å². The van der Waals surface area contributed by atoms with Crippen LogP contribution in [0.15, 0.2) is 54.6 Å². The van der Waals surface area contributed by atoms with Gasteiger partial charge < -0.3 is 0 Å². The molecule has 2 aromatic carbocycles. The molecule has 0 N–H and O–H groups in total. The van der Waals surface area contributed by atoms with Crippen LogP contribution < -0.4 is 0 Å². The first kappa shape index (κ1) is 17.5. The maximum absolute atomic E-state index is 13.3. The van der Waals surface area contributed by atoms with E-state index in [1.54, 1.807) is 24.3 Å². The predicted molar refractivity (Wildman–Crippen MR) is 81.6 cm³/mol. The summed E-state index contributed by atoms with van der Waals surface area (Å²) in [5.41, 5.74) is 1.68. The van der Waals surface area contributed by atoms with Crippen molar-refractivity contribution in [1.82, 2.24) is 4.90 Å². The van der Waals surface area contributed by atoms with Gasteiger partial charge in [0.2, 0.25) is 0 Å². The van der Waals surface area contributed by atoms with Gasteiger partial charge in [-0.15, -0.1) is 12.4 Å². The van der Waals surface area contributed by atoms with Gasteiger partial charge in [-0.3, -0.25) is 4.90 Å². The number of benzene rings is 2. The molecule has 0 bridgehead atoms. The Morgan fingerprint density at radius 3 is 1.90 bits per heavy atom. The fourth-order valence-corrected chi connectivity index (χ4v) is 2.36. The van der Waals surface area contributed by atoms with Crippen molar-refractivity contribution in [2.45, 2.75) is 12.2 Å². The van der Waals surface area contributed by atoms with Crippen LogP contribution in [0.1, 0.15) is 11.6 Å². The van der Waals surface area contributed by atoms with Gasteiger partial charge in [-0.25, -0.2) is 0 Å². The van der Waals surface area contributed by atoms with Crippen LogP contribution in [0.3, 0.4) is 0 Å². The van der Waals surface area contributed by atoms with E-state index >= 15 is 0 Å². The maximum atomic E-state index is 13.3. The Morgan fingerprint density at radius 1 is 0.857 bits per heavy atom. The van der Waals surface area contributed by atoms with E-state index in [0.29, 0.717) is 5.56 Å². The highest BCUT2D eigenvalue weighted by Gasteiger charge is 2.43. The van der Waals surface area contributed by atoms with Gasteiger partial charge in [-0.05, 0) is 30.8 Å². The van der Waals surface area contributed by atoms with E-state index in [4.69, 9.17) is 0 Å². The van der Waals surface area contributed by atoms with Crippen LogP contribution in [-0.2, 0) is 0 Å². The molecule has 0 aliphatic rings. The first-order valence-electron chi connectivity index (χ1n) is 6.28. The molecule has 2 rings (SSSR count). The van der Waals surface area contributed by atoms with Gasteiger partial charge in [0.15, 0.2) is 0 Å². The topological polar surface area (TPSA) is 3.24 Å². The van der Waals surface area contributed by atoms with Gasteiger partial charge in [-0.1, -0.05) is 54.6 Å². The first-order valence-corrected chi connectivity index (χ1v) is 6.28. The molecule has 21 heavy (non-hydrogen) atoms. The van der Waals surface area contributed by atoms with Crippen LogP contribution in [0.25, 0.3) is 11.1 Å². The quantitative estimate of drug-likeness (QED) is 0.775. The molecule has 0 aromatic heterocycles. The molecular formula is C16H17ClF3N. The highest BCUT2D eigenvalue weighted by molar-refractivity contribution is 5.85. The Morgan fingerprint density at radius 2 is 1.38 bits per heavy atom. The van der Waals surface area contributed by atoms with Gasteiger partial charge in [0.1, 0.15) is 6.04 Å². The van der Waals surface area contributed by atoms with Crippen molar-refractivity contribution in [1.29, 1.82) is 0 Å². The van der Waals surface area contributed by atoms with Gasteiger partial charge in [0, 0.05) is 0 Å². The summed E-state index contributed by atoms with van der Waals surface area (Å²) >= 11 is 0. The van der Waals surface area contributed by atoms with Gasteiger partial charge in [0.05, 0.1) is 0 Å². The minimum Gasteiger partial charge on any atom is -0.295 e. The second-order valence-electron chi connectivity index (χ2n) is 4.86. The van der Waals surface area contributed by atoms with E-state index in [2.05, 4.69) is 0 Å². The number of hydrogen-bond acceptors (Lipinski definition) is 1. The first-order chi connectivity index (χ1) is 9.41.